The zero-order chi connectivity index (χ0) is 16.4. The fourth-order valence-electron chi connectivity index (χ4n) is 1.30. The Morgan fingerprint density at radius 3 is 1.52 bits per heavy atom. The first-order chi connectivity index (χ1) is 9.89. The van der Waals surface area contributed by atoms with E-state index in [1.54, 1.807) is 12.5 Å². The monoisotopic (exact) mass is 562 g/mol. The minimum absolute atomic E-state index is 0.409. The van der Waals surface area contributed by atoms with Gasteiger partial charge < -0.3 is 14.2 Å². The maximum Gasteiger partial charge on any atom is 0.367 e. The topological polar surface area (TPSA) is 78.9 Å². The van der Waals surface area contributed by atoms with E-state index in [1.165, 1.54) is 6.92 Å². The Morgan fingerprint density at radius 1 is 0.905 bits per heavy atom. The molecule has 0 aliphatic rings. The van der Waals surface area contributed by atoms with E-state index in [2.05, 4.69) is 0 Å². The van der Waals surface area contributed by atoms with Crippen molar-refractivity contribution in [1.82, 2.24) is 0 Å². The molecule has 0 radical (unpaired) electrons. The number of alkyl halides is 2. The van der Waals surface area contributed by atoms with Gasteiger partial charge in [-0.25, -0.2) is 9.59 Å². The summed E-state index contributed by atoms with van der Waals surface area (Å²) in [6, 6.07) is 0. The van der Waals surface area contributed by atoms with E-state index in [0.717, 1.165) is 23.5 Å². The second kappa shape index (κ2) is 12.0. The first-order valence-corrected chi connectivity index (χ1v) is 11.2. The van der Waals surface area contributed by atoms with E-state index in [4.69, 9.17) is 14.2 Å². The SMILES string of the molecule is CSC(=O)O[C@@H](CI)C(OC(C)=O)[C@@H](CI)OC(=O)SC. The summed E-state index contributed by atoms with van der Waals surface area (Å²) in [5.74, 6) is -0.523. The number of carbonyl (C=O) groups excluding carboxylic acids is 3. The molecule has 0 heterocycles. The van der Waals surface area contributed by atoms with Crippen molar-refractivity contribution in [3.63, 3.8) is 0 Å². The van der Waals surface area contributed by atoms with Crippen LogP contribution in [0.4, 0.5) is 9.59 Å². The molecule has 0 aromatic heterocycles. The molecular formula is C11H16I2O6S2. The minimum Gasteiger partial charge on any atom is -0.455 e. The Hall–Kier alpha value is 0.570. The number of halogens is 2. The molecular weight excluding hydrogens is 546 g/mol. The first-order valence-electron chi connectivity index (χ1n) is 5.67. The highest BCUT2D eigenvalue weighted by Crippen LogP contribution is 2.20. The molecule has 0 amide bonds. The molecule has 0 saturated heterocycles. The predicted octanol–water partition coefficient (Wildman–Crippen LogP) is 3.52. The van der Waals surface area contributed by atoms with Gasteiger partial charge in [0.1, 0.15) is 0 Å². The molecule has 1 unspecified atom stereocenters. The molecule has 0 bridgehead atoms. The second-order valence-corrected chi connectivity index (χ2v) is 6.85. The summed E-state index contributed by atoms with van der Waals surface area (Å²) in [6.07, 6.45) is 1.00. The first kappa shape index (κ1) is 21.6. The molecule has 0 rings (SSSR count). The second-order valence-electron chi connectivity index (χ2n) is 3.60. The summed E-state index contributed by atoms with van der Waals surface area (Å²) in [6.45, 7) is 1.26. The van der Waals surface area contributed by atoms with Gasteiger partial charge in [-0.1, -0.05) is 45.2 Å². The van der Waals surface area contributed by atoms with Crippen LogP contribution in [0.2, 0.25) is 0 Å². The Balaban J connectivity index is 5.13. The Morgan fingerprint density at radius 2 is 1.29 bits per heavy atom. The smallest absolute Gasteiger partial charge is 0.367 e. The standard InChI is InChI=1S/C11H16I2O6S2/c1-6(14)17-9(7(4-12)18-10(15)20-2)8(5-13)19-11(16)21-3/h7-9H,4-5H2,1-3H3/t7-,8+,9?. The van der Waals surface area contributed by atoms with E-state index < -0.39 is 34.9 Å². The maximum atomic E-state index is 11.4. The number of hydrogen-bond donors (Lipinski definition) is 0. The number of esters is 1. The van der Waals surface area contributed by atoms with Gasteiger partial charge >= 0.3 is 16.6 Å². The summed E-state index contributed by atoms with van der Waals surface area (Å²) in [4.78, 5) is 34.2. The van der Waals surface area contributed by atoms with Crippen LogP contribution in [0.15, 0.2) is 0 Å². The van der Waals surface area contributed by atoms with Crippen molar-refractivity contribution >= 4 is 85.3 Å². The van der Waals surface area contributed by atoms with E-state index in [9.17, 15) is 14.4 Å². The third-order valence-electron chi connectivity index (χ3n) is 2.17. The predicted molar refractivity (Wildman–Crippen MR) is 101 cm³/mol. The molecule has 0 aliphatic heterocycles. The van der Waals surface area contributed by atoms with Crippen LogP contribution in [0.3, 0.4) is 0 Å². The van der Waals surface area contributed by atoms with Gasteiger partial charge in [0, 0.05) is 15.8 Å². The van der Waals surface area contributed by atoms with Crippen LogP contribution < -0.4 is 0 Å². The third-order valence-corrected chi connectivity index (χ3v) is 4.76. The number of ether oxygens (including phenoxy) is 3. The van der Waals surface area contributed by atoms with Gasteiger partial charge in [0.05, 0.1) is 0 Å². The Labute approximate surface area is 159 Å². The van der Waals surface area contributed by atoms with Crippen LogP contribution in [0.5, 0.6) is 0 Å². The zero-order valence-electron chi connectivity index (χ0n) is 11.7. The molecule has 0 fully saturated rings. The van der Waals surface area contributed by atoms with Crippen molar-refractivity contribution in [1.29, 1.82) is 0 Å². The fourth-order valence-corrected chi connectivity index (χ4v) is 3.10. The zero-order valence-corrected chi connectivity index (χ0v) is 17.6. The van der Waals surface area contributed by atoms with Crippen molar-refractivity contribution in [2.75, 3.05) is 21.4 Å². The Bertz CT molecular complexity index is 343. The quantitative estimate of drug-likeness (QED) is 0.202. The summed E-state index contributed by atoms with van der Waals surface area (Å²) >= 11 is 5.90. The van der Waals surface area contributed by atoms with E-state index in [0.29, 0.717) is 8.86 Å². The summed E-state index contributed by atoms with van der Waals surface area (Å²) in [5.41, 5.74) is 0. The molecule has 0 aromatic carbocycles. The molecule has 3 atom stereocenters. The molecule has 0 N–H and O–H groups in total. The van der Waals surface area contributed by atoms with E-state index in [1.807, 2.05) is 45.2 Å². The number of hydrogen-bond acceptors (Lipinski definition) is 8. The lowest BCUT2D eigenvalue weighted by atomic mass is 10.1. The van der Waals surface area contributed by atoms with Gasteiger partial charge in [-0.15, -0.1) is 0 Å². The molecule has 0 saturated carbocycles. The number of thioether (sulfide) groups is 2. The van der Waals surface area contributed by atoms with E-state index in [-0.39, 0.29) is 0 Å². The van der Waals surface area contributed by atoms with Crippen LogP contribution in [-0.2, 0) is 19.0 Å². The highest BCUT2D eigenvalue weighted by molar-refractivity contribution is 14.1. The molecule has 122 valence electrons. The van der Waals surface area contributed by atoms with Crippen molar-refractivity contribution < 1.29 is 28.6 Å². The third kappa shape index (κ3) is 8.69. The van der Waals surface area contributed by atoms with Crippen molar-refractivity contribution in [3.05, 3.63) is 0 Å². The lowest BCUT2D eigenvalue weighted by Crippen LogP contribution is -2.46. The normalized spacial score (nSPS) is 14.7. The average Bonchev–Trinajstić information content (AvgIpc) is 2.47. The number of rotatable bonds is 7. The van der Waals surface area contributed by atoms with Crippen molar-refractivity contribution in [2.45, 2.75) is 25.2 Å². The molecule has 0 aliphatic carbocycles. The highest BCUT2D eigenvalue weighted by Gasteiger charge is 2.36. The van der Waals surface area contributed by atoms with Crippen molar-refractivity contribution in [3.8, 4) is 0 Å². The van der Waals surface area contributed by atoms with Gasteiger partial charge in [-0.05, 0) is 36.0 Å². The van der Waals surface area contributed by atoms with Gasteiger partial charge in [-0.2, -0.15) is 0 Å². The Kier molecular flexibility index (Phi) is 12.4. The summed E-state index contributed by atoms with van der Waals surface area (Å²) < 4.78 is 16.5. The van der Waals surface area contributed by atoms with E-state index >= 15 is 0 Å². The summed E-state index contributed by atoms with van der Waals surface area (Å²) in [5, 5.41) is -0.950. The summed E-state index contributed by atoms with van der Waals surface area (Å²) in [7, 11) is 0. The van der Waals surface area contributed by atoms with Gasteiger partial charge in [0.25, 0.3) is 0 Å². The molecule has 10 heteroatoms. The number of carbonyl (C=O) groups is 3. The largest absolute Gasteiger partial charge is 0.455 e. The fraction of sp³-hybridized carbons (Fsp3) is 0.727. The van der Waals surface area contributed by atoms with Gasteiger partial charge in [-0.3, -0.25) is 4.79 Å². The van der Waals surface area contributed by atoms with Crippen LogP contribution in [0.1, 0.15) is 6.92 Å². The van der Waals surface area contributed by atoms with Crippen molar-refractivity contribution in [2.24, 2.45) is 0 Å². The lowest BCUT2D eigenvalue weighted by molar-refractivity contribution is -0.158. The molecule has 6 nitrogen and oxygen atoms in total. The average molecular weight is 562 g/mol. The molecule has 0 aromatic rings. The molecule has 21 heavy (non-hydrogen) atoms. The molecule has 0 spiro atoms. The lowest BCUT2D eigenvalue weighted by Gasteiger charge is -2.30. The van der Waals surface area contributed by atoms with Gasteiger partial charge in [0.2, 0.25) is 0 Å². The van der Waals surface area contributed by atoms with Crippen LogP contribution in [0, 0.1) is 0 Å². The van der Waals surface area contributed by atoms with Crippen LogP contribution in [0.25, 0.3) is 0 Å². The van der Waals surface area contributed by atoms with Gasteiger partial charge in [0.15, 0.2) is 18.3 Å². The minimum atomic E-state index is -0.830. The van der Waals surface area contributed by atoms with Crippen LogP contribution >= 0.6 is 68.7 Å². The maximum absolute atomic E-state index is 11.4. The van der Waals surface area contributed by atoms with Crippen LogP contribution in [-0.4, -0.2) is 56.3 Å². The highest BCUT2D eigenvalue weighted by atomic mass is 127.